The summed E-state index contributed by atoms with van der Waals surface area (Å²) in [7, 11) is 0. The molecule has 0 N–H and O–H groups in total. The molecule has 270 valence electrons. The van der Waals surface area contributed by atoms with Gasteiger partial charge in [0.1, 0.15) is 18.2 Å². The van der Waals surface area contributed by atoms with Gasteiger partial charge in [-0.05, 0) is 71.8 Å². The molecule has 0 saturated carbocycles. The van der Waals surface area contributed by atoms with E-state index < -0.39 is 0 Å². The molecule has 11 aromatic rings. The fourth-order valence-electron chi connectivity index (χ4n) is 9.27. The number of hydrogen-bond acceptors (Lipinski definition) is 3. The Labute approximate surface area is 338 Å². The maximum atomic E-state index is 11.0. The molecule has 0 aliphatic heterocycles. The van der Waals surface area contributed by atoms with Gasteiger partial charge in [-0.25, -0.2) is 0 Å². The number of aromatic nitrogens is 3. The lowest BCUT2D eigenvalue weighted by Gasteiger charge is -2.15. The highest BCUT2D eigenvalue weighted by Crippen LogP contribution is 2.50. The quantitative estimate of drug-likeness (QED) is 0.168. The predicted molar refractivity (Wildman–Crippen MR) is 237 cm³/mol. The van der Waals surface area contributed by atoms with Crippen molar-refractivity contribution < 1.29 is 0 Å². The Morgan fingerprint density at radius 2 is 0.746 bits per heavy atom. The van der Waals surface area contributed by atoms with Crippen LogP contribution in [-0.2, 0) is 0 Å². The van der Waals surface area contributed by atoms with Crippen molar-refractivity contribution in [2.75, 3.05) is 0 Å². The average molecular weight is 749 g/mol. The normalized spacial score (nSPS) is 11.3. The van der Waals surface area contributed by atoms with Gasteiger partial charge in [-0.15, -0.1) is 6.42 Å². The molecular weight excluding hydrogens is 721 g/mol. The molecule has 0 atom stereocenters. The minimum Gasteiger partial charge on any atom is -0.307 e. The van der Waals surface area contributed by atoms with Crippen LogP contribution in [0, 0.1) is 46.3 Å². The molecule has 0 unspecified atom stereocenters. The van der Waals surface area contributed by atoms with E-state index in [4.69, 9.17) is 6.42 Å². The van der Waals surface area contributed by atoms with E-state index in [9.17, 15) is 15.8 Å². The van der Waals surface area contributed by atoms with Crippen LogP contribution < -0.4 is 0 Å². The van der Waals surface area contributed by atoms with E-state index in [0.717, 1.165) is 99.2 Å². The van der Waals surface area contributed by atoms with E-state index in [0.29, 0.717) is 16.7 Å². The minimum atomic E-state index is 0.485. The molecule has 6 heteroatoms. The van der Waals surface area contributed by atoms with E-state index in [1.165, 1.54) is 0 Å². The molecule has 8 aromatic carbocycles. The zero-order valence-electron chi connectivity index (χ0n) is 31.3. The molecule has 0 amide bonds. The highest BCUT2D eigenvalue weighted by molar-refractivity contribution is 6.40. The van der Waals surface area contributed by atoms with Crippen molar-refractivity contribution in [2.24, 2.45) is 0 Å². The van der Waals surface area contributed by atoms with Crippen molar-refractivity contribution in [1.29, 1.82) is 15.8 Å². The molecule has 3 heterocycles. The predicted octanol–water partition coefficient (Wildman–Crippen LogP) is 12.2. The van der Waals surface area contributed by atoms with Crippen LogP contribution in [-0.4, -0.2) is 13.7 Å². The van der Waals surface area contributed by atoms with Crippen molar-refractivity contribution in [1.82, 2.24) is 13.7 Å². The summed E-state index contributed by atoms with van der Waals surface area (Å²) >= 11 is 0. The zero-order chi connectivity index (χ0) is 39.8. The first-order valence-electron chi connectivity index (χ1n) is 19.2. The molecule has 3 aromatic heterocycles. The Balaban J connectivity index is 1.45. The lowest BCUT2D eigenvalue weighted by Crippen LogP contribution is -2.01. The van der Waals surface area contributed by atoms with Crippen LogP contribution in [0.4, 0.5) is 0 Å². The van der Waals surface area contributed by atoms with Crippen LogP contribution in [0.15, 0.2) is 164 Å². The van der Waals surface area contributed by atoms with E-state index in [1.54, 1.807) is 0 Å². The Bertz CT molecular complexity index is 3700. The number of terminal acetylenes is 1. The summed E-state index contributed by atoms with van der Waals surface area (Å²) in [6, 6.07) is 61.7. The molecule has 59 heavy (non-hydrogen) atoms. The van der Waals surface area contributed by atoms with Crippen molar-refractivity contribution in [3.63, 3.8) is 0 Å². The van der Waals surface area contributed by atoms with Crippen molar-refractivity contribution in [3.8, 4) is 58.7 Å². The van der Waals surface area contributed by atoms with Gasteiger partial charge in [-0.3, -0.25) is 0 Å². The van der Waals surface area contributed by atoms with Crippen LogP contribution in [0.2, 0.25) is 0 Å². The standard InChI is InChI=1S/C53H28N6/c1-2-33-15-3-6-18-38(33)34-27-28-44(37(29-34)32-56)59-47-26-14-9-21-41(47)50-52-48(39-19-7-12-24-45(39)57(52)42-22-10-4-16-35(42)30-54)51-49(53(50)59)40-20-8-13-25-46(40)58(51)43-23-11-5-17-36(43)31-55/h1,3-29H. The highest BCUT2D eigenvalue weighted by atomic mass is 15.1. The Morgan fingerprint density at radius 3 is 1.19 bits per heavy atom. The molecule has 0 fully saturated rings. The molecular formula is C53H28N6. The Kier molecular flexibility index (Phi) is 7.32. The molecule has 0 saturated heterocycles. The first kappa shape index (κ1) is 33.5. The monoisotopic (exact) mass is 748 g/mol. The van der Waals surface area contributed by atoms with Gasteiger partial charge in [0.2, 0.25) is 0 Å². The second-order valence-electron chi connectivity index (χ2n) is 14.5. The van der Waals surface area contributed by atoms with Gasteiger partial charge in [-0.1, -0.05) is 109 Å². The molecule has 0 bridgehead atoms. The van der Waals surface area contributed by atoms with Gasteiger partial charge >= 0.3 is 0 Å². The van der Waals surface area contributed by atoms with Crippen LogP contribution in [0.3, 0.4) is 0 Å². The number of benzene rings is 8. The molecule has 0 radical (unpaired) electrons. The van der Waals surface area contributed by atoms with Gasteiger partial charge in [0.05, 0.1) is 66.9 Å². The number of hydrogen-bond donors (Lipinski definition) is 0. The van der Waals surface area contributed by atoms with Gasteiger partial charge in [0, 0.05) is 37.9 Å². The topological polar surface area (TPSA) is 86.2 Å². The number of nitriles is 3. The maximum absolute atomic E-state index is 11.0. The highest BCUT2D eigenvalue weighted by Gasteiger charge is 2.30. The van der Waals surface area contributed by atoms with E-state index in [-0.39, 0.29) is 0 Å². The van der Waals surface area contributed by atoms with Crippen molar-refractivity contribution in [3.05, 3.63) is 186 Å². The average Bonchev–Trinajstić information content (AvgIpc) is 3.94. The zero-order valence-corrected chi connectivity index (χ0v) is 31.3. The summed E-state index contributed by atoms with van der Waals surface area (Å²) in [6.45, 7) is 0. The van der Waals surface area contributed by atoms with Gasteiger partial charge in [0.15, 0.2) is 0 Å². The Hall–Kier alpha value is -8.81. The number of rotatable bonds is 4. The smallest absolute Gasteiger partial charge is 0.101 e. The summed E-state index contributed by atoms with van der Waals surface area (Å²) in [5.74, 6) is 2.80. The van der Waals surface area contributed by atoms with Crippen LogP contribution in [0.1, 0.15) is 22.3 Å². The molecule has 6 nitrogen and oxygen atoms in total. The summed E-state index contributed by atoms with van der Waals surface area (Å²) in [5, 5.41) is 38.1. The van der Waals surface area contributed by atoms with E-state index in [2.05, 4.69) is 92.4 Å². The third kappa shape index (κ3) is 4.61. The van der Waals surface area contributed by atoms with Gasteiger partial charge < -0.3 is 13.7 Å². The summed E-state index contributed by atoms with van der Waals surface area (Å²) in [5.41, 5.74) is 11.8. The first-order valence-corrected chi connectivity index (χ1v) is 19.2. The first-order chi connectivity index (χ1) is 29.2. The summed E-state index contributed by atoms with van der Waals surface area (Å²) < 4.78 is 6.68. The number of nitrogens with zero attached hydrogens (tertiary/aromatic N) is 6. The van der Waals surface area contributed by atoms with Crippen molar-refractivity contribution >= 4 is 65.4 Å². The molecule has 11 rings (SSSR count). The molecule has 0 spiro atoms. The SMILES string of the molecule is C#Cc1ccccc1-c1ccc(-n2c3ccccc3c3c4c(c5ccccc5n4-c4ccccc4C#N)c4c(c5ccccc5n4-c4ccccc4C#N)c32)c(C#N)c1. The fourth-order valence-corrected chi connectivity index (χ4v) is 9.27. The maximum Gasteiger partial charge on any atom is 0.101 e. The van der Waals surface area contributed by atoms with Gasteiger partial charge in [-0.2, -0.15) is 15.8 Å². The summed E-state index contributed by atoms with van der Waals surface area (Å²) in [4.78, 5) is 0. The van der Waals surface area contributed by atoms with E-state index >= 15 is 0 Å². The van der Waals surface area contributed by atoms with Crippen LogP contribution >= 0.6 is 0 Å². The van der Waals surface area contributed by atoms with Crippen LogP contribution in [0.5, 0.6) is 0 Å². The second kappa shape index (κ2) is 12.9. The second-order valence-corrected chi connectivity index (χ2v) is 14.5. The number of fused-ring (bicyclic) bond motifs is 12. The molecule has 0 aliphatic rings. The lowest BCUT2D eigenvalue weighted by atomic mass is 9.97. The number of para-hydroxylation sites is 5. The molecule has 0 aliphatic carbocycles. The largest absolute Gasteiger partial charge is 0.307 e. The van der Waals surface area contributed by atoms with Gasteiger partial charge in [0.25, 0.3) is 0 Å². The van der Waals surface area contributed by atoms with E-state index in [1.807, 2.05) is 109 Å². The lowest BCUT2D eigenvalue weighted by molar-refractivity contribution is 1.16. The Morgan fingerprint density at radius 1 is 0.373 bits per heavy atom. The van der Waals surface area contributed by atoms with Crippen molar-refractivity contribution in [2.45, 2.75) is 0 Å². The third-order valence-corrected chi connectivity index (χ3v) is 11.6. The third-order valence-electron chi connectivity index (χ3n) is 11.6. The summed E-state index contributed by atoms with van der Waals surface area (Å²) in [6.07, 6.45) is 5.94. The minimum absolute atomic E-state index is 0.485. The van der Waals surface area contributed by atoms with Crippen LogP contribution in [0.25, 0.3) is 93.6 Å². The fraction of sp³-hybridized carbons (Fsp3) is 0.